The topological polar surface area (TPSA) is 29.9 Å². The van der Waals surface area contributed by atoms with E-state index >= 15 is 0 Å². The van der Waals surface area contributed by atoms with Crippen molar-refractivity contribution < 1.29 is 4.39 Å². The van der Waals surface area contributed by atoms with E-state index in [1.165, 1.54) is 12.1 Å². The highest BCUT2D eigenvalue weighted by atomic mass is 35.5. The molecule has 0 fully saturated rings. The van der Waals surface area contributed by atoms with Crippen molar-refractivity contribution in [2.24, 2.45) is 0 Å². The van der Waals surface area contributed by atoms with Gasteiger partial charge in [-0.3, -0.25) is 0 Å². The number of rotatable bonds is 2. The van der Waals surface area contributed by atoms with E-state index in [1.807, 2.05) is 12.1 Å². The summed E-state index contributed by atoms with van der Waals surface area (Å²) in [6.45, 7) is 0.789. The van der Waals surface area contributed by atoms with Gasteiger partial charge in [-0.2, -0.15) is 5.10 Å². The van der Waals surface area contributed by atoms with Gasteiger partial charge in [0.2, 0.25) is 0 Å². The van der Waals surface area contributed by atoms with Crippen molar-refractivity contribution in [1.29, 1.82) is 0 Å². The third-order valence-electron chi connectivity index (χ3n) is 4.00. The van der Waals surface area contributed by atoms with Crippen molar-refractivity contribution in [1.82, 2.24) is 9.78 Å². The summed E-state index contributed by atoms with van der Waals surface area (Å²) in [7, 11) is 0. The molecule has 0 spiro atoms. The molecule has 0 aliphatic carbocycles. The molecular formula is C17H11Cl3FN3. The van der Waals surface area contributed by atoms with Crippen LogP contribution >= 0.6 is 34.8 Å². The molecule has 122 valence electrons. The zero-order valence-corrected chi connectivity index (χ0v) is 14.6. The van der Waals surface area contributed by atoms with Crippen LogP contribution in [0, 0.1) is 5.82 Å². The van der Waals surface area contributed by atoms with Crippen LogP contribution in [0.3, 0.4) is 0 Å². The van der Waals surface area contributed by atoms with E-state index in [9.17, 15) is 4.39 Å². The van der Waals surface area contributed by atoms with Gasteiger partial charge in [-0.1, -0.05) is 40.9 Å². The van der Waals surface area contributed by atoms with Crippen LogP contribution in [-0.4, -0.2) is 16.3 Å². The first-order valence-electron chi connectivity index (χ1n) is 7.32. The van der Waals surface area contributed by atoms with Gasteiger partial charge in [-0.05, 0) is 36.8 Å². The Morgan fingerprint density at radius 1 is 1.08 bits per heavy atom. The summed E-state index contributed by atoms with van der Waals surface area (Å²) in [6.07, 6.45) is 0.802. The van der Waals surface area contributed by atoms with Gasteiger partial charge in [0.15, 0.2) is 0 Å². The van der Waals surface area contributed by atoms with Crippen LogP contribution in [0.4, 0.5) is 10.2 Å². The zero-order valence-electron chi connectivity index (χ0n) is 12.3. The van der Waals surface area contributed by atoms with Crippen LogP contribution in [0.15, 0.2) is 36.4 Å². The van der Waals surface area contributed by atoms with Gasteiger partial charge < -0.3 is 5.32 Å². The molecule has 0 amide bonds. The maximum atomic E-state index is 13.4. The zero-order chi connectivity index (χ0) is 16.8. The largest absolute Gasteiger partial charge is 0.369 e. The van der Waals surface area contributed by atoms with Gasteiger partial charge in [-0.15, -0.1) is 0 Å². The lowest BCUT2D eigenvalue weighted by atomic mass is 10.1. The fraction of sp³-hybridized carbons (Fsp3) is 0.118. The Bertz CT molecular complexity index is 952. The first-order chi connectivity index (χ1) is 11.6. The highest BCUT2D eigenvalue weighted by molar-refractivity contribution is 6.43. The number of halogens is 4. The van der Waals surface area contributed by atoms with Crippen molar-refractivity contribution in [2.75, 3.05) is 11.9 Å². The van der Waals surface area contributed by atoms with E-state index in [0.29, 0.717) is 26.3 Å². The molecule has 1 aliphatic rings. The van der Waals surface area contributed by atoms with Crippen LogP contribution in [0.5, 0.6) is 0 Å². The third kappa shape index (κ3) is 2.46. The smallest absolute Gasteiger partial charge is 0.133 e. The van der Waals surface area contributed by atoms with Crippen molar-refractivity contribution in [3.63, 3.8) is 0 Å². The SMILES string of the molecule is Fc1ccc(-c2nn(-c3cccc(Cl)c3Cl)c3c2CCN3)c(Cl)c1. The summed E-state index contributed by atoms with van der Waals surface area (Å²) >= 11 is 18.7. The lowest BCUT2D eigenvalue weighted by molar-refractivity contribution is 0.628. The molecule has 0 saturated carbocycles. The van der Waals surface area contributed by atoms with E-state index in [1.54, 1.807) is 16.8 Å². The number of aromatic nitrogens is 2. The summed E-state index contributed by atoms with van der Waals surface area (Å²) in [6, 6.07) is 9.69. The average Bonchev–Trinajstić information content (AvgIpc) is 3.13. The van der Waals surface area contributed by atoms with Crippen molar-refractivity contribution in [3.8, 4) is 16.9 Å². The van der Waals surface area contributed by atoms with Gasteiger partial charge in [-0.25, -0.2) is 9.07 Å². The van der Waals surface area contributed by atoms with Crippen molar-refractivity contribution in [2.45, 2.75) is 6.42 Å². The molecule has 24 heavy (non-hydrogen) atoms. The fourth-order valence-corrected chi connectivity index (χ4v) is 3.54. The van der Waals surface area contributed by atoms with Crippen LogP contribution in [0.25, 0.3) is 16.9 Å². The average molecular weight is 383 g/mol. The molecule has 0 radical (unpaired) electrons. The molecule has 0 unspecified atom stereocenters. The van der Waals surface area contributed by atoms with E-state index in [2.05, 4.69) is 10.4 Å². The van der Waals surface area contributed by atoms with Crippen LogP contribution in [-0.2, 0) is 6.42 Å². The summed E-state index contributed by atoms with van der Waals surface area (Å²) in [5, 5.41) is 9.19. The van der Waals surface area contributed by atoms with Gasteiger partial charge in [0.05, 0.1) is 26.4 Å². The molecule has 1 aliphatic heterocycles. The Labute approximate surface area is 153 Å². The molecule has 0 atom stereocenters. The summed E-state index contributed by atoms with van der Waals surface area (Å²) < 4.78 is 15.1. The van der Waals surface area contributed by atoms with Gasteiger partial charge in [0, 0.05) is 17.7 Å². The molecule has 7 heteroatoms. The molecule has 3 nitrogen and oxygen atoms in total. The van der Waals surface area contributed by atoms with Crippen molar-refractivity contribution in [3.05, 3.63) is 62.8 Å². The normalized spacial score (nSPS) is 13.0. The molecular weight excluding hydrogens is 372 g/mol. The number of fused-ring (bicyclic) bond motifs is 1. The van der Waals surface area contributed by atoms with E-state index < -0.39 is 0 Å². The van der Waals surface area contributed by atoms with E-state index in [4.69, 9.17) is 34.8 Å². The van der Waals surface area contributed by atoms with Gasteiger partial charge >= 0.3 is 0 Å². The molecule has 2 heterocycles. The molecule has 2 aromatic carbocycles. The maximum Gasteiger partial charge on any atom is 0.133 e. The Morgan fingerprint density at radius 2 is 1.92 bits per heavy atom. The minimum absolute atomic E-state index is 0.326. The Morgan fingerprint density at radius 3 is 2.71 bits per heavy atom. The Hall–Kier alpha value is -1.75. The summed E-state index contributed by atoms with van der Waals surface area (Å²) in [5.41, 5.74) is 3.12. The number of hydrogen-bond donors (Lipinski definition) is 1. The quantitative estimate of drug-likeness (QED) is 0.624. The first-order valence-corrected chi connectivity index (χ1v) is 8.45. The number of nitrogens with one attached hydrogen (secondary N) is 1. The highest BCUT2D eigenvalue weighted by Crippen LogP contribution is 2.39. The number of anilines is 1. The molecule has 3 aromatic rings. The van der Waals surface area contributed by atoms with Gasteiger partial charge in [0.25, 0.3) is 0 Å². The standard InChI is InChI=1S/C17H11Cl3FN3/c18-12-2-1-3-14(15(12)20)24-17-11(6-7-22-17)16(23-24)10-5-4-9(21)8-13(10)19/h1-5,8,22H,6-7H2. The third-order valence-corrected chi connectivity index (χ3v) is 5.12. The van der Waals surface area contributed by atoms with E-state index in [-0.39, 0.29) is 5.82 Å². The number of nitrogens with zero attached hydrogens (tertiary/aromatic N) is 2. The van der Waals surface area contributed by atoms with Crippen molar-refractivity contribution >= 4 is 40.6 Å². The molecule has 1 N–H and O–H groups in total. The molecule has 1 aromatic heterocycles. The van der Waals surface area contributed by atoms with Crippen LogP contribution in [0.1, 0.15) is 5.56 Å². The lowest BCUT2D eigenvalue weighted by Crippen LogP contribution is -2.05. The molecule has 0 bridgehead atoms. The molecule has 0 saturated heterocycles. The first kappa shape index (κ1) is 15.8. The summed E-state index contributed by atoms with van der Waals surface area (Å²) in [5.74, 6) is 0.477. The van der Waals surface area contributed by atoms with Crippen LogP contribution < -0.4 is 5.32 Å². The predicted octanol–water partition coefficient (Wildman–Crippen LogP) is 5.61. The Kier molecular flexibility index (Phi) is 3.91. The number of benzene rings is 2. The van der Waals surface area contributed by atoms with Gasteiger partial charge in [0.1, 0.15) is 11.6 Å². The van der Waals surface area contributed by atoms with Crippen LogP contribution in [0.2, 0.25) is 15.1 Å². The second-order valence-electron chi connectivity index (χ2n) is 5.46. The second kappa shape index (κ2) is 5.96. The number of hydrogen-bond acceptors (Lipinski definition) is 2. The highest BCUT2D eigenvalue weighted by Gasteiger charge is 2.26. The lowest BCUT2D eigenvalue weighted by Gasteiger charge is -2.09. The monoisotopic (exact) mass is 381 g/mol. The fourth-order valence-electron chi connectivity index (χ4n) is 2.90. The summed E-state index contributed by atoms with van der Waals surface area (Å²) in [4.78, 5) is 0. The molecule has 4 rings (SSSR count). The minimum atomic E-state index is -0.379. The Balaban J connectivity index is 1.94. The maximum absolute atomic E-state index is 13.4. The minimum Gasteiger partial charge on any atom is -0.369 e. The predicted molar refractivity (Wildman–Crippen MR) is 96.2 cm³/mol. The second-order valence-corrected chi connectivity index (χ2v) is 6.65. The van der Waals surface area contributed by atoms with E-state index in [0.717, 1.165) is 30.0 Å².